The molecule has 0 heterocycles. The molecule has 0 unspecified atom stereocenters. The van der Waals surface area contributed by atoms with Gasteiger partial charge in [0.1, 0.15) is 0 Å². The Labute approximate surface area is 209 Å². The van der Waals surface area contributed by atoms with Crippen LogP contribution in [0, 0.1) is 11.8 Å². The quantitative estimate of drug-likeness (QED) is 0.119. The first kappa shape index (κ1) is 35.4. The highest BCUT2D eigenvalue weighted by atomic mass is 28.4. The fourth-order valence-electron chi connectivity index (χ4n) is 3.70. The molecule has 0 aliphatic heterocycles. The van der Waals surface area contributed by atoms with E-state index in [9.17, 15) is 0 Å². The van der Waals surface area contributed by atoms with Crippen LogP contribution in [0.1, 0.15) is 99.8 Å². The fraction of sp³-hybridized carbons (Fsp3) is 1.00. The van der Waals surface area contributed by atoms with Crippen LogP contribution in [0.2, 0.25) is 12.1 Å². The van der Waals surface area contributed by atoms with E-state index in [2.05, 4.69) is 27.7 Å². The molecule has 0 saturated heterocycles. The molecule has 0 amide bonds. The maximum Gasteiger partial charge on any atom is 0.500 e. The first-order chi connectivity index (χ1) is 15.7. The zero-order valence-electron chi connectivity index (χ0n) is 23.8. The molecule has 202 valence electrons. The van der Waals surface area contributed by atoms with Crippen molar-refractivity contribution in [1.82, 2.24) is 0 Å². The van der Waals surface area contributed by atoms with E-state index in [1.165, 1.54) is 38.5 Å². The van der Waals surface area contributed by atoms with Crippen molar-refractivity contribution in [2.24, 2.45) is 11.8 Å². The second kappa shape index (κ2) is 22.6. The largest absolute Gasteiger partial charge is 0.500 e. The highest BCUT2D eigenvalue weighted by molar-refractivity contribution is 6.61. The Bertz CT molecular complexity index is 381. The summed E-state index contributed by atoms with van der Waals surface area (Å²) in [5.41, 5.74) is 0. The summed E-state index contributed by atoms with van der Waals surface area (Å²) in [6, 6.07) is 1.88. The minimum Gasteiger partial charge on any atom is -0.377 e. The Morgan fingerprint density at radius 2 is 0.818 bits per heavy atom. The summed E-state index contributed by atoms with van der Waals surface area (Å²) in [5.74, 6) is 1.61. The van der Waals surface area contributed by atoms with E-state index < -0.39 is 17.6 Å². The standard InChI is InChI=1S/C14H32O3Si.C11H26O3Si/c1-6-15-18(16-7-2,17-8-3)13-11-9-10-12-14(4)5;1-11(2)9-7-6-8-10-15(12-3,13-4)14-5/h14H,6-13H2,1-5H3;11H,6-10H2,1-5H3. The molecule has 0 N–H and O–H groups in total. The molecule has 0 aromatic carbocycles. The SMILES string of the molecule is CCO[Si](CCCCCC(C)C)(OCC)OCC.CO[Si](CCCCCC(C)C)(OC)OC. The van der Waals surface area contributed by atoms with Crippen molar-refractivity contribution in [3.8, 4) is 0 Å². The highest BCUT2D eigenvalue weighted by Gasteiger charge is 2.39. The van der Waals surface area contributed by atoms with Crippen LogP contribution in [0.25, 0.3) is 0 Å². The van der Waals surface area contributed by atoms with Gasteiger partial charge in [0.15, 0.2) is 0 Å². The molecule has 33 heavy (non-hydrogen) atoms. The molecule has 0 radical (unpaired) electrons. The Balaban J connectivity index is 0. The molecule has 0 aromatic heterocycles. The Hall–Kier alpha value is 0.194. The average molecular weight is 511 g/mol. The molecule has 8 heteroatoms. The van der Waals surface area contributed by atoms with Crippen molar-refractivity contribution in [3.63, 3.8) is 0 Å². The first-order valence-corrected chi connectivity index (χ1v) is 17.1. The van der Waals surface area contributed by atoms with Gasteiger partial charge in [0.25, 0.3) is 0 Å². The van der Waals surface area contributed by atoms with E-state index in [4.69, 9.17) is 26.6 Å². The van der Waals surface area contributed by atoms with Crippen LogP contribution in [-0.4, -0.2) is 58.8 Å². The summed E-state index contributed by atoms with van der Waals surface area (Å²) in [4.78, 5) is 0. The first-order valence-electron chi connectivity index (χ1n) is 13.3. The molecule has 6 nitrogen and oxygen atoms in total. The zero-order valence-corrected chi connectivity index (χ0v) is 25.8. The van der Waals surface area contributed by atoms with Crippen molar-refractivity contribution in [2.45, 2.75) is 112 Å². The summed E-state index contributed by atoms with van der Waals surface area (Å²) in [5, 5.41) is 0. The monoisotopic (exact) mass is 510 g/mol. The van der Waals surface area contributed by atoms with Crippen molar-refractivity contribution >= 4 is 17.6 Å². The Morgan fingerprint density at radius 1 is 0.485 bits per heavy atom. The second-order valence-corrected chi connectivity index (χ2v) is 15.1. The molecule has 0 bridgehead atoms. The predicted molar refractivity (Wildman–Crippen MR) is 144 cm³/mol. The smallest absolute Gasteiger partial charge is 0.377 e. The summed E-state index contributed by atoms with van der Waals surface area (Å²) >= 11 is 0. The van der Waals surface area contributed by atoms with Crippen LogP contribution in [-0.2, 0) is 26.6 Å². The lowest BCUT2D eigenvalue weighted by molar-refractivity contribution is 0.0706. The van der Waals surface area contributed by atoms with Gasteiger partial charge in [-0.25, -0.2) is 0 Å². The maximum absolute atomic E-state index is 5.83. The molecular formula is C25H58O6Si2. The van der Waals surface area contributed by atoms with E-state index >= 15 is 0 Å². The van der Waals surface area contributed by atoms with Crippen LogP contribution in [0.5, 0.6) is 0 Å². The van der Waals surface area contributed by atoms with Crippen molar-refractivity contribution in [1.29, 1.82) is 0 Å². The van der Waals surface area contributed by atoms with Crippen LogP contribution >= 0.6 is 0 Å². The predicted octanol–water partition coefficient (Wildman–Crippen LogP) is 7.33. The van der Waals surface area contributed by atoms with Crippen LogP contribution < -0.4 is 0 Å². The summed E-state index contributed by atoms with van der Waals surface area (Å²) in [6.07, 6.45) is 9.98. The molecule has 0 aliphatic carbocycles. The Morgan fingerprint density at radius 3 is 1.09 bits per heavy atom. The fourth-order valence-corrected chi connectivity index (χ4v) is 8.18. The van der Waals surface area contributed by atoms with Gasteiger partial charge in [-0.15, -0.1) is 0 Å². The van der Waals surface area contributed by atoms with Gasteiger partial charge >= 0.3 is 17.6 Å². The lowest BCUT2D eigenvalue weighted by atomic mass is 10.1. The third-order valence-corrected chi connectivity index (χ3v) is 11.5. The van der Waals surface area contributed by atoms with Gasteiger partial charge in [0.05, 0.1) is 0 Å². The van der Waals surface area contributed by atoms with E-state index in [1.54, 1.807) is 21.3 Å². The van der Waals surface area contributed by atoms with Gasteiger partial charge < -0.3 is 26.6 Å². The third-order valence-electron chi connectivity index (χ3n) is 5.55. The van der Waals surface area contributed by atoms with Crippen molar-refractivity contribution < 1.29 is 26.6 Å². The van der Waals surface area contributed by atoms with E-state index in [1.807, 2.05) is 20.8 Å². The van der Waals surface area contributed by atoms with E-state index in [-0.39, 0.29) is 0 Å². The second-order valence-electron chi connectivity index (χ2n) is 9.26. The lowest BCUT2D eigenvalue weighted by Crippen LogP contribution is -2.45. The molecular weight excluding hydrogens is 452 g/mol. The zero-order chi connectivity index (χ0) is 25.6. The summed E-state index contributed by atoms with van der Waals surface area (Å²) < 4.78 is 33.6. The maximum atomic E-state index is 5.83. The minimum atomic E-state index is -2.37. The van der Waals surface area contributed by atoms with Gasteiger partial charge in [-0.2, -0.15) is 0 Å². The normalized spacial score (nSPS) is 12.4. The van der Waals surface area contributed by atoms with Crippen LogP contribution in [0.4, 0.5) is 0 Å². The topological polar surface area (TPSA) is 55.4 Å². The molecule has 0 atom stereocenters. The summed E-state index contributed by atoms with van der Waals surface area (Å²) in [6.45, 7) is 17.2. The number of unbranched alkanes of at least 4 members (excludes halogenated alkanes) is 4. The minimum absolute atomic E-state index is 0.679. The molecule has 0 fully saturated rings. The van der Waals surface area contributed by atoms with E-state index in [0.717, 1.165) is 36.8 Å². The van der Waals surface area contributed by atoms with Gasteiger partial charge in [-0.05, 0) is 45.4 Å². The molecule has 0 aromatic rings. The number of hydrogen-bond donors (Lipinski definition) is 0. The van der Waals surface area contributed by atoms with Crippen LogP contribution in [0.3, 0.4) is 0 Å². The van der Waals surface area contributed by atoms with Crippen molar-refractivity contribution in [2.75, 3.05) is 41.2 Å². The van der Waals surface area contributed by atoms with E-state index in [0.29, 0.717) is 19.8 Å². The van der Waals surface area contributed by atoms with Gasteiger partial charge in [-0.1, -0.05) is 66.2 Å². The third kappa shape index (κ3) is 19.1. The van der Waals surface area contributed by atoms with Gasteiger partial charge in [0, 0.05) is 53.2 Å². The molecule has 0 saturated carbocycles. The average Bonchev–Trinajstić information content (AvgIpc) is 2.77. The van der Waals surface area contributed by atoms with Crippen LogP contribution in [0.15, 0.2) is 0 Å². The molecule has 0 aliphatic rings. The number of hydrogen-bond acceptors (Lipinski definition) is 6. The summed E-state index contributed by atoms with van der Waals surface area (Å²) in [7, 11) is 0.355. The van der Waals surface area contributed by atoms with Gasteiger partial charge in [0.2, 0.25) is 0 Å². The molecule has 0 spiro atoms. The van der Waals surface area contributed by atoms with Gasteiger partial charge in [-0.3, -0.25) is 0 Å². The highest BCUT2D eigenvalue weighted by Crippen LogP contribution is 2.21. The Kier molecular flexibility index (Phi) is 24.3. The van der Waals surface area contributed by atoms with Crippen molar-refractivity contribution in [3.05, 3.63) is 0 Å². The number of rotatable bonds is 21. The lowest BCUT2D eigenvalue weighted by Gasteiger charge is -2.28. The molecule has 0 rings (SSSR count).